The average molecular weight is 282 g/mol. The smallest absolute Gasteiger partial charge is 0.304 e. The first-order valence-electron chi connectivity index (χ1n) is 5.92. The number of rotatable bonds is 5. The van der Waals surface area contributed by atoms with E-state index >= 15 is 0 Å². The zero-order valence-electron chi connectivity index (χ0n) is 10.2. The maximum atomic E-state index is 11.6. The largest absolute Gasteiger partial charge is 0.481 e. The van der Waals surface area contributed by atoms with Crippen LogP contribution in [0.5, 0.6) is 0 Å². The van der Waals surface area contributed by atoms with Crippen LogP contribution < -0.4 is 0 Å². The van der Waals surface area contributed by atoms with Crippen molar-refractivity contribution < 1.29 is 19.5 Å². The van der Waals surface area contributed by atoms with E-state index in [4.69, 9.17) is 5.11 Å². The molecule has 1 saturated heterocycles. The summed E-state index contributed by atoms with van der Waals surface area (Å²) in [6.07, 6.45) is 5.91. The van der Waals surface area contributed by atoms with Gasteiger partial charge in [-0.2, -0.15) is 5.01 Å². The van der Waals surface area contributed by atoms with E-state index in [1.54, 1.807) is 17.3 Å². The molecule has 0 atom stereocenters. The lowest BCUT2D eigenvalue weighted by Gasteiger charge is -2.31. The SMILES string of the molecule is O=C(O)CCSC1=CC=CN(N2C(=O)CCC2=O)C1. The second-order valence-corrected chi connectivity index (χ2v) is 5.38. The van der Waals surface area contributed by atoms with E-state index in [0.29, 0.717) is 12.3 Å². The third-order valence-electron chi connectivity index (χ3n) is 2.74. The highest BCUT2D eigenvalue weighted by atomic mass is 32.2. The first-order valence-corrected chi connectivity index (χ1v) is 6.91. The molecule has 19 heavy (non-hydrogen) atoms. The molecular weight excluding hydrogens is 268 g/mol. The van der Waals surface area contributed by atoms with Gasteiger partial charge in [0.2, 0.25) is 11.8 Å². The van der Waals surface area contributed by atoms with Crippen molar-refractivity contribution in [3.63, 3.8) is 0 Å². The molecule has 0 aliphatic carbocycles. The van der Waals surface area contributed by atoms with Gasteiger partial charge >= 0.3 is 5.97 Å². The van der Waals surface area contributed by atoms with E-state index < -0.39 is 5.97 Å². The van der Waals surface area contributed by atoms with Crippen molar-refractivity contribution >= 4 is 29.5 Å². The summed E-state index contributed by atoms with van der Waals surface area (Å²) in [6, 6.07) is 0. The number of imide groups is 1. The summed E-state index contributed by atoms with van der Waals surface area (Å²) in [7, 11) is 0. The third kappa shape index (κ3) is 3.37. The van der Waals surface area contributed by atoms with E-state index in [0.717, 1.165) is 4.91 Å². The van der Waals surface area contributed by atoms with Crippen molar-refractivity contribution in [1.29, 1.82) is 0 Å². The Morgan fingerprint density at radius 1 is 1.32 bits per heavy atom. The minimum atomic E-state index is -0.832. The predicted octanol–water partition coefficient (Wildman–Crippen LogP) is 0.972. The number of hydrogen-bond donors (Lipinski definition) is 1. The Kier molecular flexibility index (Phi) is 4.26. The number of allylic oxidation sites excluding steroid dienone is 2. The molecular formula is C12H14N2O4S. The van der Waals surface area contributed by atoms with E-state index in [1.807, 2.05) is 6.08 Å². The lowest BCUT2D eigenvalue weighted by Crippen LogP contribution is -2.44. The van der Waals surface area contributed by atoms with Crippen LogP contribution >= 0.6 is 11.8 Å². The van der Waals surface area contributed by atoms with Gasteiger partial charge in [-0.15, -0.1) is 11.8 Å². The maximum absolute atomic E-state index is 11.6. The molecule has 0 spiro atoms. The minimum absolute atomic E-state index is 0.0906. The van der Waals surface area contributed by atoms with E-state index in [9.17, 15) is 14.4 Å². The quantitative estimate of drug-likeness (QED) is 0.757. The van der Waals surface area contributed by atoms with Gasteiger partial charge in [0.25, 0.3) is 0 Å². The number of carbonyl (C=O) groups is 3. The molecule has 2 aliphatic heterocycles. The normalized spacial score (nSPS) is 19.1. The Balaban J connectivity index is 1.91. The van der Waals surface area contributed by atoms with Gasteiger partial charge in [0.1, 0.15) is 0 Å². The first kappa shape index (κ1) is 13.7. The number of amides is 2. The summed E-state index contributed by atoms with van der Waals surface area (Å²) in [4.78, 5) is 34.6. The summed E-state index contributed by atoms with van der Waals surface area (Å²) in [5.41, 5.74) is 0. The van der Waals surface area contributed by atoms with Gasteiger partial charge in [0.15, 0.2) is 0 Å². The predicted molar refractivity (Wildman–Crippen MR) is 69.7 cm³/mol. The number of carboxylic acids is 1. The molecule has 102 valence electrons. The molecule has 2 aliphatic rings. The van der Waals surface area contributed by atoms with Gasteiger partial charge in [0, 0.05) is 29.7 Å². The van der Waals surface area contributed by atoms with Crippen molar-refractivity contribution in [1.82, 2.24) is 10.0 Å². The number of aliphatic carboxylic acids is 1. The fraction of sp³-hybridized carbons (Fsp3) is 0.417. The zero-order valence-corrected chi connectivity index (χ0v) is 11.1. The van der Waals surface area contributed by atoms with Crippen LogP contribution in [0.15, 0.2) is 23.3 Å². The second kappa shape index (κ2) is 5.92. The van der Waals surface area contributed by atoms with E-state index in [2.05, 4.69) is 0 Å². The molecule has 0 bridgehead atoms. The molecule has 0 aromatic rings. The summed E-state index contributed by atoms with van der Waals surface area (Å²) in [6.45, 7) is 0.429. The topological polar surface area (TPSA) is 77.9 Å². The highest BCUT2D eigenvalue weighted by Crippen LogP contribution is 2.24. The molecule has 0 saturated carbocycles. The van der Waals surface area contributed by atoms with Gasteiger partial charge in [-0.1, -0.05) is 0 Å². The Morgan fingerprint density at radius 2 is 2.00 bits per heavy atom. The van der Waals surface area contributed by atoms with Crippen molar-refractivity contribution in [3.05, 3.63) is 23.3 Å². The fourth-order valence-corrected chi connectivity index (χ4v) is 2.80. The highest BCUT2D eigenvalue weighted by molar-refractivity contribution is 8.03. The maximum Gasteiger partial charge on any atom is 0.304 e. The molecule has 0 aromatic heterocycles. The summed E-state index contributed by atoms with van der Waals surface area (Å²) < 4.78 is 0. The average Bonchev–Trinajstić information content (AvgIpc) is 2.69. The number of hydrogen-bond acceptors (Lipinski definition) is 5. The van der Waals surface area contributed by atoms with Crippen LogP contribution in [-0.2, 0) is 14.4 Å². The van der Waals surface area contributed by atoms with Crippen molar-refractivity contribution in [2.24, 2.45) is 0 Å². The van der Waals surface area contributed by atoms with Crippen molar-refractivity contribution in [3.8, 4) is 0 Å². The monoisotopic (exact) mass is 282 g/mol. The Hall–Kier alpha value is -1.76. The zero-order chi connectivity index (χ0) is 13.8. The van der Waals surface area contributed by atoms with Gasteiger partial charge in [-0.3, -0.25) is 19.4 Å². The molecule has 1 N–H and O–H groups in total. The third-order valence-corrected chi connectivity index (χ3v) is 3.79. The van der Waals surface area contributed by atoms with Gasteiger partial charge in [-0.25, -0.2) is 0 Å². The Bertz CT molecular complexity index is 456. The minimum Gasteiger partial charge on any atom is -0.481 e. The van der Waals surface area contributed by atoms with Crippen LogP contribution in [0, 0.1) is 0 Å². The summed E-state index contributed by atoms with van der Waals surface area (Å²) in [5.74, 6) is -0.732. The number of thioether (sulfide) groups is 1. The number of nitrogens with zero attached hydrogens (tertiary/aromatic N) is 2. The van der Waals surface area contributed by atoms with Crippen LogP contribution in [-0.4, -0.2) is 45.2 Å². The van der Waals surface area contributed by atoms with E-state index in [1.165, 1.54) is 16.8 Å². The molecule has 2 heterocycles. The number of carboxylic acid groups (broad SMARTS) is 1. The van der Waals surface area contributed by atoms with Crippen molar-refractivity contribution in [2.45, 2.75) is 19.3 Å². The van der Waals surface area contributed by atoms with E-state index in [-0.39, 0.29) is 31.1 Å². The van der Waals surface area contributed by atoms with Crippen LogP contribution in [0.4, 0.5) is 0 Å². The molecule has 0 aromatic carbocycles. The molecule has 7 heteroatoms. The van der Waals surface area contributed by atoms with Crippen LogP contribution in [0.1, 0.15) is 19.3 Å². The highest BCUT2D eigenvalue weighted by Gasteiger charge is 2.33. The molecule has 1 fully saturated rings. The second-order valence-electron chi connectivity index (χ2n) is 4.16. The van der Waals surface area contributed by atoms with Crippen LogP contribution in [0.2, 0.25) is 0 Å². The first-order chi connectivity index (χ1) is 9.08. The van der Waals surface area contributed by atoms with Crippen LogP contribution in [0.25, 0.3) is 0 Å². The van der Waals surface area contributed by atoms with Gasteiger partial charge < -0.3 is 5.11 Å². The standard InChI is InChI=1S/C12H14N2O4S/c15-10-3-4-11(16)14(10)13-6-1-2-9(8-13)19-7-5-12(17)18/h1-2,6H,3-5,7-8H2,(H,17,18). The van der Waals surface area contributed by atoms with Gasteiger partial charge in [-0.05, 0) is 12.2 Å². The van der Waals surface area contributed by atoms with Crippen molar-refractivity contribution in [2.75, 3.05) is 12.3 Å². The molecule has 6 nitrogen and oxygen atoms in total. The molecule has 0 radical (unpaired) electrons. The molecule has 2 amide bonds. The number of carbonyl (C=O) groups excluding carboxylic acids is 2. The lowest BCUT2D eigenvalue weighted by molar-refractivity contribution is -0.152. The molecule has 0 unspecified atom stereocenters. The molecule has 2 rings (SSSR count). The summed E-state index contributed by atoms with van der Waals surface area (Å²) in [5, 5.41) is 11.3. The summed E-state index contributed by atoms with van der Waals surface area (Å²) >= 11 is 1.43. The Labute approximate surface area is 114 Å². The number of hydrazine groups is 1. The van der Waals surface area contributed by atoms with Gasteiger partial charge in [0.05, 0.1) is 13.0 Å². The fourth-order valence-electron chi connectivity index (χ4n) is 1.87. The lowest BCUT2D eigenvalue weighted by atomic mass is 10.4. The van der Waals surface area contributed by atoms with Crippen LogP contribution in [0.3, 0.4) is 0 Å². The Morgan fingerprint density at radius 3 is 2.63 bits per heavy atom.